The number of rotatable bonds is 2. The van der Waals surface area contributed by atoms with Crippen LogP contribution >= 0.6 is 11.6 Å². The van der Waals surface area contributed by atoms with Crippen LogP contribution in [0.2, 0.25) is 0 Å². The lowest BCUT2D eigenvalue weighted by Crippen LogP contribution is -2.41. The van der Waals surface area contributed by atoms with Gasteiger partial charge in [-0.1, -0.05) is 18.2 Å². The summed E-state index contributed by atoms with van der Waals surface area (Å²) in [5.41, 5.74) is 2.26. The van der Waals surface area contributed by atoms with Gasteiger partial charge in [0.05, 0.1) is 25.5 Å². The first kappa shape index (κ1) is 19.2. The van der Waals surface area contributed by atoms with E-state index >= 15 is 0 Å². The fourth-order valence-corrected chi connectivity index (χ4v) is 5.81. The first-order valence-corrected chi connectivity index (χ1v) is 11.5. The number of piperidine rings is 1. The van der Waals surface area contributed by atoms with Gasteiger partial charge in [-0.25, -0.2) is 0 Å². The second kappa shape index (κ2) is 7.57. The second-order valence-electron chi connectivity index (χ2n) is 8.76. The molecule has 3 saturated heterocycles. The van der Waals surface area contributed by atoms with E-state index in [4.69, 9.17) is 25.8 Å². The fourth-order valence-electron chi connectivity index (χ4n) is 5.47. The lowest BCUT2D eigenvalue weighted by molar-refractivity contribution is -0.159. The summed E-state index contributed by atoms with van der Waals surface area (Å²) in [6.07, 6.45) is 3.90. The molecule has 0 aliphatic carbocycles. The van der Waals surface area contributed by atoms with Crippen LogP contribution in [-0.4, -0.2) is 71.0 Å². The summed E-state index contributed by atoms with van der Waals surface area (Å²) >= 11 is 6.97. The van der Waals surface area contributed by atoms with E-state index in [1.54, 1.807) is 0 Å². The van der Waals surface area contributed by atoms with Gasteiger partial charge < -0.3 is 14.2 Å². The molecule has 0 radical (unpaired) electrons. The smallest absolute Gasteiger partial charge is 0.196 e. The fraction of sp³-hybridized carbons (Fsp3) is 0.636. The minimum absolute atomic E-state index is 0.362. The highest BCUT2D eigenvalue weighted by molar-refractivity contribution is 6.21. The zero-order valence-electron chi connectivity index (χ0n) is 17.0. The number of halogens is 1. The van der Waals surface area contributed by atoms with Crippen LogP contribution in [0.5, 0.6) is 0 Å². The molecule has 1 aromatic heterocycles. The van der Waals surface area contributed by atoms with Crippen molar-refractivity contribution >= 4 is 11.6 Å². The molecule has 1 spiro atoms. The summed E-state index contributed by atoms with van der Waals surface area (Å²) in [4.78, 5) is 2.58. The van der Waals surface area contributed by atoms with Crippen molar-refractivity contribution in [1.82, 2.24) is 19.7 Å². The van der Waals surface area contributed by atoms with Crippen LogP contribution in [0.1, 0.15) is 47.8 Å². The average molecular weight is 431 g/mol. The molecular weight excluding hydrogens is 404 g/mol. The molecule has 0 N–H and O–H groups in total. The molecule has 7 nitrogen and oxygen atoms in total. The Kier molecular flexibility index (Phi) is 4.84. The van der Waals surface area contributed by atoms with Crippen molar-refractivity contribution in [1.29, 1.82) is 0 Å². The summed E-state index contributed by atoms with van der Waals surface area (Å²) in [6.45, 7) is 5.01. The number of likely N-dealkylation sites (tertiary alicyclic amines) is 1. The van der Waals surface area contributed by atoms with Crippen molar-refractivity contribution in [2.24, 2.45) is 0 Å². The van der Waals surface area contributed by atoms with E-state index in [1.807, 2.05) is 0 Å². The van der Waals surface area contributed by atoms with Gasteiger partial charge in [0.1, 0.15) is 11.2 Å². The van der Waals surface area contributed by atoms with E-state index in [1.165, 1.54) is 0 Å². The molecule has 4 aliphatic rings. The summed E-state index contributed by atoms with van der Waals surface area (Å²) in [5, 5.41) is 8.73. The molecule has 0 bridgehead atoms. The SMILES string of the molecule is ClC1c2nnc(C3CCN([C@@H]4CCOC4)CC3)n2-c2ccccc2CC12OCCO2. The number of alkyl halides is 1. The number of fused-ring (bicyclic) bond motifs is 3. The molecule has 1 aromatic carbocycles. The van der Waals surface area contributed by atoms with Crippen molar-refractivity contribution in [2.75, 3.05) is 39.5 Å². The molecule has 5 heterocycles. The van der Waals surface area contributed by atoms with E-state index in [2.05, 4.69) is 43.9 Å². The molecule has 160 valence electrons. The maximum atomic E-state index is 6.97. The molecule has 2 atom stereocenters. The van der Waals surface area contributed by atoms with Gasteiger partial charge in [0.15, 0.2) is 11.6 Å². The van der Waals surface area contributed by atoms with Gasteiger partial charge in [0, 0.05) is 25.0 Å². The monoisotopic (exact) mass is 430 g/mol. The first-order valence-electron chi connectivity index (χ1n) is 11.0. The molecular formula is C22H27ClN4O3. The lowest BCUT2D eigenvalue weighted by Gasteiger charge is -2.35. The summed E-state index contributed by atoms with van der Waals surface area (Å²) in [7, 11) is 0. The molecule has 6 rings (SSSR count). The third-order valence-corrected chi connectivity index (χ3v) is 7.62. The Hall–Kier alpha value is -1.51. The quantitative estimate of drug-likeness (QED) is 0.683. The van der Waals surface area contributed by atoms with E-state index in [0.717, 1.165) is 68.5 Å². The van der Waals surface area contributed by atoms with Gasteiger partial charge in [-0.05, 0) is 44.0 Å². The van der Waals surface area contributed by atoms with Gasteiger partial charge in [0.2, 0.25) is 0 Å². The minimum atomic E-state index is -0.873. The molecule has 8 heteroatoms. The number of hydrogen-bond acceptors (Lipinski definition) is 6. The number of para-hydroxylation sites is 1. The number of ether oxygens (including phenoxy) is 3. The predicted molar refractivity (Wildman–Crippen MR) is 111 cm³/mol. The molecule has 3 fully saturated rings. The van der Waals surface area contributed by atoms with Gasteiger partial charge >= 0.3 is 0 Å². The lowest BCUT2D eigenvalue weighted by atomic mass is 9.94. The van der Waals surface area contributed by atoms with Crippen molar-refractivity contribution in [3.8, 4) is 5.69 Å². The second-order valence-corrected chi connectivity index (χ2v) is 9.19. The third-order valence-electron chi connectivity index (χ3n) is 7.09. The van der Waals surface area contributed by atoms with E-state index < -0.39 is 11.2 Å². The Morgan fingerprint density at radius 1 is 0.967 bits per heavy atom. The Bertz CT molecular complexity index is 915. The van der Waals surface area contributed by atoms with E-state index in [0.29, 0.717) is 31.6 Å². The van der Waals surface area contributed by atoms with Crippen LogP contribution in [-0.2, 0) is 20.6 Å². The Morgan fingerprint density at radius 2 is 1.73 bits per heavy atom. The number of hydrogen-bond donors (Lipinski definition) is 0. The van der Waals surface area contributed by atoms with Crippen LogP contribution in [0.25, 0.3) is 5.69 Å². The molecule has 30 heavy (non-hydrogen) atoms. The Labute approximate surface area is 181 Å². The molecule has 0 amide bonds. The third kappa shape index (κ3) is 3.02. The first-order chi connectivity index (χ1) is 14.8. The summed E-state index contributed by atoms with van der Waals surface area (Å²) in [5.74, 6) is 1.23. The standard InChI is InChI=1S/C22H27ClN4O3/c23-19-21-25-24-20(15-5-8-26(9-6-15)17-7-10-28-14-17)27(21)18-4-2-1-3-16(18)13-22(19)29-11-12-30-22/h1-4,15,17,19H,5-14H2/t17-,19?/m1/s1. The van der Waals surface area contributed by atoms with Crippen LogP contribution in [0, 0.1) is 0 Å². The zero-order chi connectivity index (χ0) is 20.1. The maximum absolute atomic E-state index is 6.97. The van der Waals surface area contributed by atoms with Crippen LogP contribution in [0.4, 0.5) is 0 Å². The number of nitrogens with zero attached hydrogens (tertiary/aromatic N) is 4. The van der Waals surface area contributed by atoms with E-state index in [-0.39, 0.29) is 0 Å². The van der Waals surface area contributed by atoms with Crippen molar-refractivity contribution in [3.05, 3.63) is 41.5 Å². The van der Waals surface area contributed by atoms with Crippen LogP contribution in [0.15, 0.2) is 24.3 Å². The molecule has 4 aliphatic heterocycles. The maximum Gasteiger partial charge on any atom is 0.196 e. The van der Waals surface area contributed by atoms with Gasteiger partial charge in [-0.3, -0.25) is 9.47 Å². The van der Waals surface area contributed by atoms with Crippen LogP contribution < -0.4 is 0 Å². The minimum Gasteiger partial charge on any atom is -0.380 e. The average Bonchev–Trinajstić information content (AvgIpc) is 3.54. The number of aromatic nitrogens is 3. The predicted octanol–water partition coefficient (Wildman–Crippen LogP) is 2.81. The number of benzene rings is 1. The summed E-state index contributed by atoms with van der Waals surface area (Å²) < 4.78 is 19.9. The van der Waals surface area contributed by atoms with Crippen LogP contribution in [0.3, 0.4) is 0 Å². The largest absolute Gasteiger partial charge is 0.380 e. The normalized spacial score (nSPS) is 29.1. The van der Waals surface area contributed by atoms with Gasteiger partial charge in [0.25, 0.3) is 0 Å². The van der Waals surface area contributed by atoms with Crippen molar-refractivity contribution < 1.29 is 14.2 Å². The van der Waals surface area contributed by atoms with Crippen molar-refractivity contribution in [2.45, 2.75) is 48.8 Å². The highest BCUT2D eigenvalue weighted by atomic mass is 35.5. The highest BCUT2D eigenvalue weighted by Gasteiger charge is 2.50. The topological polar surface area (TPSA) is 61.6 Å². The Balaban J connectivity index is 1.35. The molecule has 0 saturated carbocycles. The molecule has 2 aromatic rings. The molecule has 1 unspecified atom stereocenters. The van der Waals surface area contributed by atoms with Gasteiger partial charge in [-0.2, -0.15) is 0 Å². The van der Waals surface area contributed by atoms with Crippen molar-refractivity contribution in [3.63, 3.8) is 0 Å². The Morgan fingerprint density at radius 3 is 2.50 bits per heavy atom. The van der Waals surface area contributed by atoms with E-state index in [9.17, 15) is 0 Å². The zero-order valence-corrected chi connectivity index (χ0v) is 17.8. The highest BCUT2D eigenvalue weighted by Crippen LogP contribution is 2.46. The summed E-state index contributed by atoms with van der Waals surface area (Å²) in [6, 6.07) is 8.96. The van der Waals surface area contributed by atoms with Gasteiger partial charge in [-0.15, -0.1) is 21.8 Å².